The number of benzene rings is 2. The number of aryl methyl sites for hydroxylation is 1. The molecule has 0 spiro atoms. The lowest BCUT2D eigenvalue weighted by Crippen LogP contribution is -2.04. The van der Waals surface area contributed by atoms with E-state index in [9.17, 15) is 4.79 Å². The molecule has 2 aromatic rings. The van der Waals surface area contributed by atoms with Crippen molar-refractivity contribution in [2.45, 2.75) is 6.92 Å². The summed E-state index contributed by atoms with van der Waals surface area (Å²) in [5.74, 6) is -0.356. The minimum atomic E-state index is -0.356. The van der Waals surface area contributed by atoms with E-state index in [0.29, 0.717) is 11.3 Å². The van der Waals surface area contributed by atoms with E-state index in [1.807, 2.05) is 31.2 Å². The van der Waals surface area contributed by atoms with Crippen LogP contribution >= 0.6 is 0 Å². The first-order chi connectivity index (χ1) is 8.61. The van der Waals surface area contributed by atoms with Crippen LogP contribution in [0.2, 0.25) is 0 Å². The van der Waals surface area contributed by atoms with Crippen LogP contribution in [0.3, 0.4) is 0 Å². The van der Waals surface area contributed by atoms with Gasteiger partial charge in [-0.2, -0.15) is 0 Å². The van der Waals surface area contributed by atoms with Crippen molar-refractivity contribution < 1.29 is 9.53 Å². The lowest BCUT2D eigenvalue weighted by molar-refractivity contribution is 0.0601. The first-order valence-corrected chi connectivity index (χ1v) is 5.66. The molecule has 0 saturated carbocycles. The third kappa shape index (κ3) is 2.35. The van der Waals surface area contributed by atoms with Crippen molar-refractivity contribution in [1.29, 1.82) is 0 Å². The van der Waals surface area contributed by atoms with Gasteiger partial charge in [0.25, 0.3) is 0 Å². The second-order valence-electron chi connectivity index (χ2n) is 4.16. The Bertz CT molecular complexity index is 574. The van der Waals surface area contributed by atoms with Gasteiger partial charge in [0.15, 0.2) is 0 Å². The number of methoxy groups -OCH3 is 1. The van der Waals surface area contributed by atoms with Crippen LogP contribution in [-0.4, -0.2) is 13.1 Å². The summed E-state index contributed by atoms with van der Waals surface area (Å²) in [6.07, 6.45) is 0. The Morgan fingerprint density at radius 2 is 1.78 bits per heavy atom. The maximum Gasteiger partial charge on any atom is 0.338 e. The molecular formula is C15H15NO2. The smallest absolute Gasteiger partial charge is 0.338 e. The number of hydrogen-bond donors (Lipinski definition) is 1. The van der Waals surface area contributed by atoms with Crippen LogP contribution in [0, 0.1) is 6.92 Å². The summed E-state index contributed by atoms with van der Waals surface area (Å²) >= 11 is 0. The van der Waals surface area contributed by atoms with Crippen LogP contribution < -0.4 is 5.73 Å². The van der Waals surface area contributed by atoms with Gasteiger partial charge in [0, 0.05) is 5.69 Å². The minimum absolute atomic E-state index is 0.356. The fourth-order valence-corrected chi connectivity index (χ4v) is 1.82. The van der Waals surface area contributed by atoms with E-state index >= 15 is 0 Å². The molecular weight excluding hydrogens is 226 g/mol. The number of carbonyl (C=O) groups excluding carboxylic acids is 1. The fraction of sp³-hybridized carbons (Fsp3) is 0.133. The number of anilines is 1. The number of esters is 1. The van der Waals surface area contributed by atoms with Gasteiger partial charge < -0.3 is 10.5 Å². The molecule has 0 amide bonds. The Morgan fingerprint density at radius 1 is 1.11 bits per heavy atom. The molecule has 3 nitrogen and oxygen atoms in total. The van der Waals surface area contributed by atoms with E-state index in [2.05, 4.69) is 0 Å². The van der Waals surface area contributed by atoms with Gasteiger partial charge in [0.1, 0.15) is 0 Å². The zero-order chi connectivity index (χ0) is 13.1. The molecule has 2 rings (SSSR count). The van der Waals surface area contributed by atoms with Gasteiger partial charge in [-0.25, -0.2) is 4.79 Å². The predicted molar refractivity (Wildman–Crippen MR) is 72.4 cm³/mol. The number of nitrogens with two attached hydrogens (primary N) is 1. The van der Waals surface area contributed by atoms with Crippen LogP contribution in [0.1, 0.15) is 15.9 Å². The molecule has 92 valence electrons. The molecule has 0 aliphatic heterocycles. The fourth-order valence-electron chi connectivity index (χ4n) is 1.82. The third-order valence-electron chi connectivity index (χ3n) is 2.81. The Labute approximate surface area is 106 Å². The molecule has 0 heterocycles. The lowest BCUT2D eigenvalue weighted by Gasteiger charge is -2.09. The summed E-state index contributed by atoms with van der Waals surface area (Å²) in [4.78, 5) is 11.7. The van der Waals surface area contributed by atoms with Gasteiger partial charge >= 0.3 is 5.97 Å². The quantitative estimate of drug-likeness (QED) is 0.649. The maximum absolute atomic E-state index is 11.7. The molecule has 0 bridgehead atoms. The van der Waals surface area contributed by atoms with Crippen LogP contribution in [0.4, 0.5) is 5.69 Å². The number of rotatable bonds is 2. The van der Waals surface area contributed by atoms with Crippen LogP contribution in [-0.2, 0) is 4.74 Å². The molecule has 18 heavy (non-hydrogen) atoms. The van der Waals surface area contributed by atoms with Crippen LogP contribution in [0.15, 0.2) is 42.5 Å². The Hall–Kier alpha value is -2.29. The van der Waals surface area contributed by atoms with Gasteiger partial charge in [0.05, 0.1) is 12.7 Å². The molecule has 0 unspecified atom stereocenters. The normalized spacial score (nSPS) is 10.1. The standard InChI is InChI=1S/C15H15NO2/c1-10-3-5-11(6-4-10)14-9-12(16)7-8-13(14)15(17)18-2/h3-9H,16H2,1-2H3. The molecule has 0 aliphatic rings. The minimum Gasteiger partial charge on any atom is -0.465 e. The number of ether oxygens (including phenoxy) is 1. The highest BCUT2D eigenvalue weighted by Gasteiger charge is 2.13. The van der Waals surface area contributed by atoms with Crippen molar-refractivity contribution >= 4 is 11.7 Å². The monoisotopic (exact) mass is 241 g/mol. The second-order valence-corrected chi connectivity index (χ2v) is 4.16. The van der Waals surface area contributed by atoms with Crippen molar-refractivity contribution in [2.75, 3.05) is 12.8 Å². The van der Waals surface area contributed by atoms with Crippen LogP contribution in [0.25, 0.3) is 11.1 Å². The molecule has 0 radical (unpaired) electrons. The molecule has 3 heteroatoms. The highest BCUT2D eigenvalue weighted by Crippen LogP contribution is 2.27. The van der Waals surface area contributed by atoms with Gasteiger partial charge in [0.2, 0.25) is 0 Å². The Balaban J connectivity index is 2.57. The van der Waals surface area contributed by atoms with E-state index in [1.54, 1.807) is 18.2 Å². The Morgan fingerprint density at radius 3 is 2.39 bits per heavy atom. The van der Waals surface area contributed by atoms with Gasteiger partial charge in [-0.05, 0) is 36.2 Å². The highest BCUT2D eigenvalue weighted by atomic mass is 16.5. The van der Waals surface area contributed by atoms with Gasteiger partial charge in [-0.3, -0.25) is 0 Å². The van der Waals surface area contributed by atoms with Gasteiger partial charge in [-0.1, -0.05) is 29.8 Å². The van der Waals surface area contributed by atoms with Crippen molar-refractivity contribution in [1.82, 2.24) is 0 Å². The number of nitrogen functional groups attached to an aromatic ring is 1. The molecule has 0 saturated heterocycles. The zero-order valence-corrected chi connectivity index (χ0v) is 10.4. The largest absolute Gasteiger partial charge is 0.465 e. The van der Waals surface area contributed by atoms with E-state index in [4.69, 9.17) is 10.5 Å². The SMILES string of the molecule is COC(=O)c1ccc(N)cc1-c1ccc(C)cc1. The van der Waals surface area contributed by atoms with Crippen molar-refractivity contribution in [3.8, 4) is 11.1 Å². The second kappa shape index (κ2) is 4.92. The summed E-state index contributed by atoms with van der Waals surface area (Å²) in [6.45, 7) is 2.02. The van der Waals surface area contributed by atoms with E-state index in [-0.39, 0.29) is 5.97 Å². The average molecular weight is 241 g/mol. The number of hydrogen-bond acceptors (Lipinski definition) is 3. The summed E-state index contributed by atoms with van der Waals surface area (Å²) < 4.78 is 4.78. The molecule has 0 aliphatic carbocycles. The topological polar surface area (TPSA) is 52.3 Å². The average Bonchev–Trinajstić information content (AvgIpc) is 2.38. The summed E-state index contributed by atoms with van der Waals surface area (Å²) in [5, 5.41) is 0. The summed E-state index contributed by atoms with van der Waals surface area (Å²) in [5.41, 5.74) is 9.85. The van der Waals surface area contributed by atoms with Crippen molar-refractivity contribution in [2.24, 2.45) is 0 Å². The zero-order valence-electron chi connectivity index (χ0n) is 10.4. The molecule has 0 atom stereocenters. The Kier molecular flexibility index (Phi) is 3.33. The predicted octanol–water partition coefficient (Wildman–Crippen LogP) is 3.03. The van der Waals surface area contributed by atoms with E-state index < -0.39 is 0 Å². The number of carbonyl (C=O) groups is 1. The first-order valence-electron chi connectivity index (χ1n) is 5.66. The highest BCUT2D eigenvalue weighted by molar-refractivity contribution is 5.98. The lowest BCUT2D eigenvalue weighted by atomic mass is 9.98. The molecule has 0 fully saturated rings. The molecule has 0 aromatic heterocycles. The van der Waals surface area contributed by atoms with E-state index in [1.165, 1.54) is 12.7 Å². The maximum atomic E-state index is 11.7. The summed E-state index contributed by atoms with van der Waals surface area (Å²) in [7, 11) is 1.37. The van der Waals surface area contributed by atoms with Gasteiger partial charge in [-0.15, -0.1) is 0 Å². The summed E-state index contributed by atoms with van der Waals surface area (Å²) in [6, 6.07) is 13.1. The van der Waals surface area contributed by atoms with Crippen molar-refractivity contribution in [3.05, 3.63) is 53.6 Å². The first kappa shape index (κ1) is 12.2. The third-order valence-corrected chi connectivity index (χ3v) is 2.81. The molecule has 2 N–H and O–H groups in total. The molecule has 2 aromatic carbocycles. The van der Waals surface area contributed by atoms with Crippen molar-refractivity contribution in [3.63, 3.8) is 0 Å². The van der Waals surface area contributed by atoms with E-state index in [0.717, 1.165) is 11.1 Å². The van der Waals surface area contributed by atoms with Crippen LogP contribution in [0.5, 0.6) is 0 Å².